The number of aromatic nitrogens is 1. The van der Waals surface area contributed by atoms with Gasteiger partial charge in [0.25, 0.3) is 0 Å². The van der Waals surface area contributed by atoms with Crippen LogP contribution in [0.3, 0.4) is 0 Å². The zero-order valence-corrected chi connectivity index (χ0v) is 15.5. The average Bonchev–Trinajstić information content (AvgIpc) is 2.75. The second-order valence-electron chi connectivity index (χ2n) is 6.94. The maximum atomic E-state index is 4.75. The molecule has 0 saturated carbocycles. The summed E-state index contributed by atoms with van der Waals surface area (Å²) in [7, 11) is 0. The minimum Gasteiger partial charge on any atom is -0.261 e. The molecule has 0 bridgehead atoms. The molecular weight excluding hydrogens is 326 g/mol. The highest BCUT2D eigenvalue weighted by Gasteiger charge is 2.28. The lowest BCUT2D eigenvalue weighted by Gasteiger charge is -2.28. The van der Waals surface area contributed by atoms with Crippen LogP contribution in [-0.4, -0.2) is 4.98 Å². The van der Waals surface area contributed by atoms with Crippen LogP contribution < -0.4 is 0 Å². The second-order valence-corrected chi connectivity index (χ2v) is 6.94. The summed E-state index contributed by atoms with van der Waals surface area (Å²) < 4.78 is 0. The molecule has 1 atom stereocenters. The molecule has 4 rings (SSSR count). The molecule has 0 spiro atoms. The Morgan fingerprint density at radius 1 is 0.519 bits per heavy atom. The summed E-state index contributed by atoms with van der Waals surface area (Å²) in [5.41, 5.74) is 6.27. The third-order valence-electron chi connectivity index (χ3n) is 5.09. The Labute approximate surface area is 161 Å². The highest BCUT2D eigenvalue weighted by molar-refractivity contribution is 5.43. The van der Waals surface area contributed by atoms with Crippen LogP contribution in [0.15, 0.2) is 109 Å². The summed E-state index contributed by atoms with van der Waals surface area (Å²) in [5, 5.41) is 0. The first-order valence-electron chi connectivity index (χ1n) is 9.40. The predicted molar refractivity (Wildman–Crippen MR) is 112 cm³/mol. The van der Waals surface area contributed by atoms with Crippen LogP contribution in [0.1, 0.15) is 39.8 Å². The number of pyridine rings is 1. The molecule has 1 nitrogen and oxygen atoms in total. The van der Waals surface area contributed by atoms with E-state index in [9.17, 15) is 0 Å². The van der Waals surface area contributed by atoms with Crippen LogP contribution in [0.5, 0.6) is 0 Å². The van der Waals surface area contributed by atoms with Crippen molar-refractivity contribution in [3.05, 3.63) is 137 Å². The molecule has 27 heavy (non-hydrogen) atoms. The third-order valence-corrected chi connectivity index (χ3v) is 5.09. The third kappa shape index (κ3) is 3.83. The van der Waals surface area contributed by atoms with Crippen LogP contribution >= 0.6 is 0 Å². The molecule has 3 aromatic carbocycles. The number of hydrogen-bond acceptors (Lipinski definition) is 1. The standard InChI is InChI=1S/C26H23N/c1-20-15-17-23(18-16-20)26(24-14-8-9-19-27-24)25(21-10-4-2-5-11-21)22-12-6-3-7-13-22/h2-19,25-26H,1H3. The van der Waals surface area contributed by atoms with Crippen LogP contribution in [-0.2, 0) is 0 Å². The van der Waals surface area contributed by atoms with E-state index in [1.807, 2.05) is 12.3 Å². The van der Waals surface area contributed by atoms with E-state index in [1.54, 1.807) is 0 Å². The molecule has 1 heterocycles. The van der Waals surface area contributed by atoms with Crippen LogP contribution in [0.4, 0.5) is 0 Å². The number of benzene rings is 3. The van der Waals surface area contributed by atoms with Crippen molar-refractivity contribution >= 4 is 0 Å². The van der Waals surface area contributed by atoms with Gasteiger partial charge in [0, 0.05) is 23.7 Å². The fraction of sp³-hybridized carbons (Fsp3) is 0.115. The van der Waals surface area contributed by atoms with Crippen molar-refractivity contribution in [2.24, 2.45) is 0 Å². The number of aryl methyl sites for hydroxylation is 1. The summed E-state index contributed by atoms with van der Waals surface area (Å²) in [4.78, 5) is 4.75. The minimum atomic E-state index is 0.150. The number of rotatable bonds is 5. The van der Waals surface area contributed by atoms with E-state index in [2.05, 4.69) is 104 Å². The summed E-state index contributed by atoms with van der Waals surface area (Å²) in [6.45, 7) is 2.13. The first-order chi connectivity index (χ1) is 13.3. The average molecular weight is 349 g/mol. The Hall–Kier alpha value is -3.19. The van der Waals surface area contributed by atoms with Crippen LogP contribution in [0.2, 0.25) is 0 Å². The van der Waals surface area contributed by atoms with Crippen molar-refractivity contribution < 1.29 is 0 Å². The van der Waals surface area contributed by atoms with Crippen molar-refractivity contribution in [1.82, 2.24) is 4.98 Å². The van der Waals surface area contributed by atoms with E-state index in [0.29, 0.717) is 0 Å². The Bertz CT molecular complexity index is 921. The van der Waals surface area contributed by atoms with Gasteiger partial charge in [-0.15, -0.1) is 0 Å². The van der Waals surface area contributed by atoms with Gasteiger partial charge in [-0.3, -0.25) is 4.98 Å². The van der Waals surface area contributed by atoms with Gasteiger partial charge in [-0.2, -0.15) is 0 Å². The van der Waals surface area contributed by atoms with Crippen LogP contribution in [0.25, 0.3) is 0 Å². The molecule has 4 aromatic rings. The molecule has 0 N–H and O–H groups in total. The molecule has 0 radical (unpaired) electrons. The Morgan fingerprint density at radius 2 is 1.04 bits per heavy atom. The van der Waals surface area contributed by atoms with Crippen molar-refractivity contribution in [3.63, 3.8) is 0 Å². The highest BCUT2D eigenvalue weighted by Crippen LogP contribution is 2.42. The Morgan fingerprint density at radius 3 is 1.56 bits per heavy atom. The quantitative estimate of drug-likeness (QED) is 0.409. The smallest absolute Gasteiger partial charge is 0.0487 e. The number of nitrogens with zero attached hydrogens (tertiary/aromatic N) is 1. The van der Waals surface area contributed by atoms with E-state index < -0.39 is 0 Å². The largest absolute Gasteiger partial charge is 0.261 e. The summed E-state index contributed by atoms with van der Waals surface area (Å²) in [6, 6.07) is 36.6. The lowest BCUT2D eigenvalue weighted by atomic mass is 9.75. The normalized spacial score (nSPS) is 12.1. The Kier molecular flexibility index (Phi) is 5.11. The van der Waals surface area contributed by atoms with Gasteiger partial charge in [0.05, 0.1) is 0 Å². The van der Waals surface area contributed by atoms with E-state index in [1.165, 1.54) is 22.3 Å². The van der Waals surface area contributed by atoms with Crippen molar-refractivity contribution in [3.8, 4) is 0 Å². The van der Waals surface area contributed by atoms with Crippen molar-refractivity contribution in [1.29, 1.82) is 0 Å². The fourth-order valence-electron chi connectivity index (χ4n) is 3.77. The van der Waals surface area contributed by atoms with Crippen molar-refractivity contribution in [2.75, 3.05) is 0 Å². The fourth-order valence-corrected chi connectivity index (χ4v) is 3.77. The molecule has 0 amide bonds. The van der Waals surface area contributed by atoms with E-state index in [0.717, 1.165) is 5.69 Å². The monoisotopic (exact) mass is 349 g/mol. The molecule has 0 aliphatic carbocycles. The van der Waals surface area contributed by atoms with Gasteiger partial charge < -0.3 is 0 Å². The van der Waals surface area contributed by atoms with Gasteiger partial charge in [-0.1, -0.05) is 96.6 Å². The first-order valence-corrected chi connectivity index (χ1v) is 9.40. The minimum absolute atomic E-state index is 0.150. The molecule has 0 saturated heterocycles. The van der Waals surface area contributed by atoms with E-state index in [4.69, 9.17) is 4.98 Å². The summed E-state index contributed by atoms with van der Waals surface area (Å²) >= 11 is 0. The van der Waals surface area contributed by atoms with Gasteiger partial charge in [0.15, 0.2) is 0 Å². The molecule has 132 valence electrons. The first kappa shape index (κ1) is 17.2. The molecular formula is C26H23N. The molecule has 1 heteroatoms. The maximum Gasteiger partial charge on any atom is 0.0487 e. The lowest BCUT2D eigenvalue weighted by molar-refractivity contribution is 0.674. The van der Waals surface area contributed by atoms with Crippen LogP contribution in [0, 0.1) is 6.92 Å². The zero-order valence-electron chi connectivity index (χ0n) is 15.5. The van der Waals surface area contributed by atoms with Crippen molar-refractivity contribution in [2.45, 2.75) is 18.8 Å². The summed E-state index contributed by atoms with van der Waals surface area (Å²) in [6.07, 6.45) is 1.89. The van der Waals surface area contributed by atoms with Gasteiger partial charge in [0.1, 0.15) is 0 Å². The summed E-state index contributed by atoms with van der Waals surface area (Å²) in [5.74, 6) is 0.349. The molecule has 0 aliphatic rings. The van der Waals surface area contributed by atoms with Gasteiger partial charge in [-0.05, 0) is 35.7 Å². The molecule has 0 aliphatic heterocycles. The molecule has 0 fully saturated rings. The predicted octanol–water partition coefficient (Wildman–Crippen LogP) is 6.35. The van der Waals surface area contributed by atoms with E-state index in [-0.39, 0.29) is 11.8 Å². The lowest BCUT2D eigenvalue weighted by Crippen LogP contribution is -2.15. The molecule has 1 aromatic heterocycles. The van der Waals surface area contributed by atoms with Gasteiger partial charge in [0.2, 0.25) is 0 Å². The maximum absolute atomic E-state index is 4.75. The van der Waals surface area contributed by atoms with Gasteiger partial charge >= 0.3 is 0 Å². The highest BCUT2D eigenvalue weighted by atomic mass is 14.7. The topological polar surface area (TPSA) is 12.9 Å². The molecule has 1 unspecified atom stereocenters. The number of hydrogen-bond donors (Lipinski definition) is 0. The SMILES string of the molecule is Cc1ccc(C(c2ccccn2)C(c2ccccc2)c2ccccc2)cc1. The zero-order chi connectivity index (χ0) is 18.5. The van der Waals surface area contributed by atoms with E-state index >= 15 is 0 Å². The van der Waals surface area contributed by atoms with Gasteiger partial charge in [-0.25, -0.2) is 0 Å². The Balaban J connectivity index is 1.93. The second kappa shape index (κ2) is 8.01.